The summed E-state index contributed by atoms with van der Waals surface area (Å²) in [5.41, 5.74) is 2.40. The van der Waals surface area contributed by atoms with Crippen LogP contribution in [0.4, 0.5) is 0 Å². The Morgan fingerprint density at radius 2 is 1.96 bits per heavy atom. The lowest BCUT2D eigenvalue weighted by molar-refractivity contribution is -0.125. The fourth-order valence-corrected chi connectivity index (χ4v) is 3.50. The summed E-state index contributed by atoms with van der Waals surface area (Å²) in [6.07, 6.45) is 6.10. The quantitative estimate of drug-likeness (QED) is 0.795. The predicted molar refractivity (Wildman–Crippen MR) is 95.9 cm³/mol. The Hall–Kier alpha value is -2.31. The fraction of sp³-hybridized carbons (Fsp3) is 0.421. The summed E-state index contributed by atoms with van der Waals surface area (Å²) in [5, 5.41) is 0. The lowest BCUT2D eigenvalue weighted by Gasteiger charge is -2.31. The predicted octanol–water partition coefficient (Wildman–Crippen LogP) is 1.58. The van der Waals surface area contributed by atoms with Crippen LogP contribution < -0.4 is 0 Å². The molecular formula is C19H22N4O2. The highest BCUT2D eigenvalue weighted by atomic mass is 16.5. The molecule has 2 aliphatic rings. The molecule has 0 N–H and O–H groups in total. The first-order valence-corrected chi connectivity index (χ1v) is 8.80. The van der Waals surface area contributed by atoms with Crippen molar-refractivity contribution in [2.45, 2.75) is 12.5 Å². The molecular weight excluding hydrogens is 316 g/mol. The number of ether oxygens (including phenoxy) is 1. The van der Waals surface area contributed by atoms with Gasteiger partial charge in [0, 0.05) is 38.3 Å². The molecule has 6 heteroatoms. The molecule has 2 aliphatic heterocycles. The third-order valence-corrected chi connectivity index (χ3v) is 4.90. The van der Waals surface area contributed by atoms with Crippen LogP contribution in [0.25, 0.3) is 17.1 Å². The normalized spacial score (nSPS) is 22.1. The number of morpholine rings is 1. The average Bonchev–Trinajstić information content (AvgIpc) is 3.17. The highest BCUT2D eigenvalue weighted by Gasteiger charge is 2.30. The molecule has 25 heavy (non-hydrogen) atoms. The van der Waals surface area contributed by atoms with E-state index in [9.17, 15) is 4.79 Å². The van der Waals surface area contributed by atoms with Crippen molar-refractivity contribution in [3.05, 3.63) is 42.2 Å². The highest BCUT2D eigenvalue weighted by molar-refractivity contribution is 5.92. The standard InChI is InChI=1S/C19H22N4O2/c24-19(23-8-7-16(14-23)22-9-11-25-12-10-22)6-5-15-13-20-17-3-1-2-4-18(17)21-15/h1-6,13,16H,7-12,14H2/b6-5+. The van der Waals surface area contributed by atoms with Crippen molar-refractivity contribution in [2.24, 2.45) is 0 Å². The van der Waals surface area contributed by atoms with E-state index in [0.717, 1.165) is 56.8 Å². The average molecular weight is 338 g/mol. The number of hydrogen-bond acceptors (Lipinski definition) is 5. The van der Waals surface area contributed by atoms with Crippen molar-refractivity contribution in [3.63, 3.8) is 0 Å². The van der Waals surface area contributed by atoms with Crippen molar-refractivity contribution in [3.8, 4) is 0 Å². The van der Waals surface area contributed by atoms with Crippen molar-refractivity contribution in [1.82, 2.24) is 19.8 Å². The minimum atomic E-state index is 0.0470. The smallest absolute Gasteiger partial charge is 0.246 e. The van der Waals surface area contributed by atoms with Crippen molar-refractivity contribution >= 4 is 23.0 Å². The molecule has 2 aromatic rings. The fourth-order valence-electron chi connectivity index (χ4n) is 3.50. The molecule has 130 valence electrons. The number of nitrogens with zero attached hydrogens (tertiary/aromatic N) is 4. The number of hydrogen-bond donors (Lipinski definition) is 0. The number of fused-ring (bicyclic) bond motifs is 1. The molecule has 1 aromatic carbocycles. The van der Waals surface area contributed by atoms with E-state index in [-0.39, 0.29) is 5.91 Å². The van der Waals surface area contributed by atoms with E-state index in [1.807, 2.05) is 29.2 Å². The largest absolute Gasteiger partial charge is 0.379 e. The molecule has 1 unspecified atom stereocenters. The Morgan fingerprint density at radius 3 is 2.80 bits per heavy atom. The SMILES string of the molecule is O=C(/C=C/c1cnc2ccccc2n1)N1CCC(N2CCOCC2)C1. The van der Waals surface area contributed by atoms with Crippen LogP contribution in [-0.2, 0) is 9.53 Å². The number of aromatic nitrogens is 2. The molecule has 0 saturated carbocycles. The van der Waals surface area contributed by atoms with Gasteiger partial charge in [0.2, 0.25) is 5.91 Å². The minimum Gasteiger partial charge on any atom is -0.379 e. The number of rotatable bonds is 3. The molecule has 0 aliphatic carbocycles. The Balaban J connectivity index is 1.38. The molecule has 0 bridgehead atoms. The van der Waals surface area contributed by atoms with E-state index in [1.54, 1.807) is 18.3 Å². The summed E-state index contributed by atoms with van der Waals surface area (Å²) in [5.74, 6) is 0.0470. The lowest BCUT2D eigenvalue weighted by atomic mass is 10.2. The zero-order valence-corrected chi connectivity index (χ0v) is 14.2. The molecule has 4 rings (SSSR count). The third kappa shape index (κ3) is 3.70. The van der Waals surface area contributed by atoms with Gasteiger partial charge in [-0.25, -0.2) is 4.98 Å². The summed E-state index contributed by atoms with van der Waals surface area (Å²) in [4.78, 5) is 25.7. The van der Waals surface area contributed by atoms with Crippen LogP contribution in [0.1, 0.15) is 12.1 Å². The summed E-state index contributed by atoms with van der Waals surface area (Å²) in [6.45, 7) is 5.14. The number of amides is 1. The number of carbonyl (C=O) groups is 1. The Morgan fingerprint density at radius 1 is 1.16 bits per heavy atom. The minimum absolute atomic E-state index is 0.0470. The van der Waals surface area contributed by atoms with Gasteiger partial charge in [-0.05, 0) is 24.6 Å². The van der Waals surface area contributed by atoms with Gasteiger partial charge in [0.25, 0.3) is 0 Å². The molecule has 2 saturated heterocycles. The van der Waals surface area contributed by atoms with Gasteiger partial charge in [-0.15, -0.1) is 0 Å². The van der Waals surface area contributed by atoms with Gasteiger partial charge in [0.1, 0.15) is 0 Å². The Kier molecular flexibility index (Phi) is 4.72. The first-order chi connectivity index (χ1) is 12.3. The molecule has 1 atom stereocenters. The van der Waals surface area contributed by atoms with Crippen LogP contribution in [-0.4, -0.2) is 71.1 Å². The van der Waals surface area contributed by atoms with Crippen LogP contribution in [0.3, 0.4) is 0 Å². The maximum Gasteiger partial charge on any atom is 0.246 e. The van der Waals surface area contributed by atoms with E-state index < -0.39 is 0 Å². The molecule has 1 aromatic heterocycles. The number of carbonyl (C=O) groups excluding carboxylic acids is 1. The number of likely N-dealkylation sites (tertiary alicyclic amines) is 1. The summed E-state index contributed by atoms with van der Waals surface area (Å²) in [7, 11) is 0. The molecule has 0 spiro atoms. The second-order valence-corrected chi connectivity index (χ2v) is 6.49. The molecule has 0 radical (unpaired) electrons. The lowest BCUT2D eigenvalue weighted by Crippen LogP contribution is -2.45. The van der Waals surface area contributed by atoms with E-state index in [1.165, 1.54) is 0 Å². The molecule has 2 fully saturated rings. The summed E-state index contributed by atoms with van der Waals surface area (Å²) in [6, 6.07) is 8.19. The van der Waals surface area contributed by atoms with Crippen molar-refractivity contribution in [1.29, 1.82) is 0 Å². The number of benzene rings is 1. The van der Waals surface area contributed by atoms with Gasteiger partial charge in [-0.3, -0.25) is 14.7 Å². The molecule has 6 nitrogen and oxygen atoms in total. The van der Waals surface area contributed by atoms with Gasteiger partial charge in [0.05, 0.1) is 36.1 Å². The third-order valence-electron chi connectivity index (χ3n) is 4.90. The van der Waals surface area contributed by atoms with E-state index in [4.69, 9.17) is 4.74 Å². The van der Waals surface area contributed by atoms with Crippen molar-refractivity contribution < 1.29 is 9.53 Å². The van der Waals surface area contributed by atoms with E-state index >= 15 is 0 Å². The first-order valence-electron chi connectivity index (χ1n) is 8.80. The van der Waals surface area contributed by atoms with Gasteiger partial charge >= 0.3 is 0 Å². The van der Waals surface area contributed by atoms with E-state index in [0.29, 0.717) is 11.7 Å². The summed E-state index contributed by atoms with van der Waals surface area (Å²) < 4.78 is 5.41. The van der Waals surface area contributed by atoms with Gasteiger partial charge in [-0.2, -0.15) is 0 Å². The van der Waals surface area contributed by atoms with Gasteiger partial charge in [0.15, 0.2) is 0 Å². The van der Waals surface area contributed by atoms with E-state index in [2.05, 4.69) is 14.9 Å². The second kappa shape index (κ2) is 7.29. The van der Waals surface area contributed by atoms with Gasteiger partial charge < -0.3 is 9.64 Å². The summed E-state index contributed by atoms with van der Waals surface area (Å²) >= 11 is 0. The monoisotopic (exact) mass is 338 g/mol. The number of para-hydroxylation sites is 2. The molecule has 1 amide bonds. The van der Waals surface area contributed by atoms with Crippen LogP contribution in [0, 0.1) is 0 Å². The maximum atomic E-state index is 12.5. The highest BCUT2D eigenvalue weighted by Crippen LogP contribution is 2.17. The van der Waals surface area contributed by atoms with Crippen LogP contribution in [0.2, 0.25) is 0 Å². The Labute approximate surface area is 147 Å². The second-order valence-electron chi connectivity index (χ2n) is 6.49. The topological polar surface area (TPSA) is 58.6 Å². The Bertz CT molecular complexity index is 786. The zero-order chi connectivity index (χ0) is 17.1. The van der Waals surface area contributed by atoms with Crippen LogP contribution in [0.15, 0.2) is 36.5 Å². The first kappa shape index (κ1) is 16.2. The van der Waals surface area contributed by atoms with Crippen molar-refractivity contribution in [2.75, 3.05) is 39.4 Å². The van der Waals surface area contributed by atoms with Crippen LogP contribution in [0.5, 0.6) is 0 Å². The maximum absolute atomic E-state index is 12.5. The zero-order valence-electron chi connectivity index (χ0n) is 14.2. The van der Waals surface area contributed by atoms with Crippen LogP contribution >= 0.6 is 0 Å². The molecule has 3 heterocycles. The van der Waals surface area contributed by atoms with Gasteiger partial charge in [-0.1, -0.05) is 12.1 Å².